The lowest BCUT2D eigenvalue weighted by molar-refractivity contribution is 0.0275. The monoisotopic (exact) mass is 265 g/mol. The molecule has 2 aromatic rings. The smallest absolute Gasteiger partial charge is 0.119 e. The molecule has 1 aliphatic rings. The van der Waals surface area contributed by atoms with Gasteiger partial charge in [0.1, 0.15) is 5.60 Å². The molecule has 102 valence electrons. The van der Waals surface area contributed by atoms with Crippen molar-refractivity contribution in [1.82, 2.24) is 0 Å². The van der Waals surface area contributed by atoms with Gasteiger partial charge >= 0.3 is 0 Å². The van der Waals surface area contributed by atoms with Crippen LogP contribution in [0.1, 0.15) is 29.2 Å². The van der Waals surface area contributed by atoms with Crippen LogP contribution in [-0.2, 0) is 5.60 Å². The Labute approximate surface area is 119 Å². The van der Waals surface area contributed by atoms with Gasteiger partial charge in [-0.05, 0) is 28.8 Å². The van der Waals surface area contributed by atoms with E-state index in [9.17, 15) is 5.11 Å². The van der Waals surface area contributed by atoms with Crippen LogP contribution in [0.2, 0.25) is 0 Å². The van der Waals surface area contributed by atoms with Gasteiger partial charge in [-0.1, -0.05) is 67.6 Å². The Hall–Kier alpha value is -1.90. The van der Waals surface area contributed by atoms with Gasteiger partial charge in [0.15, 0.2) is 0 Å². The average molecular weight is 265 g/mol. The first kappa shape index (κ1) is 13.1. The van der Waals surface area contributed by atoms with Gasteiger partial charge in [0.05, 0.1) is 0 Å². The fraction of sp³-hybridized carbons (Fsp3) is 0.222. The highest BCUT2D eigenvalue weighted by Crippen LogP contribution is 2.42. The van der Waals surface area contributed by atoms with Crippen LogP contribution in [0, 0.1) is 5.92 Å². The zero-order valence-electron chi connectivity index (χ0n) is 11.6. The molecular weight excluding hydrogens is 246 g/mol. The van der Waals surface area contributed by atoms with Crippen LogP contribution in [0.3, 0.4) is 0 Å². The van der Waals surface area contributed by atoms with Crippen molar-refractivity contribution in [3.63, 3.8) is 0 Å². The van der Waals surface area contributed by atoms with Crippen LogP contribution in [-0.4, -0.2) is 11.7 Å². The third kappa shape index (κ3) is 1.80. The molecule has 1 atom stereocenters. The predicted molar refractivity (Wildman–Crippen MR) is 83.0 cm³/mol. The SMILES string of the molecule is CC(CN)C1(O)c2ccccc2C=Cc2ccccc21. The number of hydrogen-bond donors (Lipinski definition) is 2. The Bertz CT molecular complexity index is 610. The van der Waals surface area contributed by atoms with E-state index in [2.05, 4.69) is 12.2 Å². The highest BCUT2D eigenvalue weighted by Gasteiger charge is 2.40. The summed E-state index contributed by atoms with van der Waals surface area (Å²) in [5.74, 6) is -0.0651. The molecule has 2 aromatic carbocycles. The molecule has 1 unspecified atom stereocenters. The molecule has 0 aromatic heterocycles. The van der Waals surface area contributed by atoms with Crippen LogP contribution in [0.5, 0.6) is 0 Å². The van der Waals surface area contributed by atoms with Crippen LogP contribution in [0.25, 0.3) is 12.2 Å². The molecule has 3 rings (SSSR count). The number of benzene rings is 2. The molecule has 2 nitrogen and oxygen atoms in total. The van der Waals surface area contributed by atoms with Crippen LogP contribution < -0.4 is 5.73 Å². The summed E-state index contributed by atoms with van der Waals surface area (Å²) >= 11 is 0. The summed E-state index contributed by atoms with van der Waals surface area (Å²) in [7, 11) is 0. The van der Waals surface area contributed by atoms with E-state index in [1.165, 1.54) is 0 Å². The minimum Gasteiger partial charge on any atom is -0.380 e. The second kappa shape index (κ2) is 4.89. The molecular formula is C18H19NO. The lowest BCUT2D eigenvalue weighted by Crippen LogP contribution is -2.39. The molecule has 0 saturated carbocycles. The van der Waals surface area contributed by atoms with Crippen LogP contribution >= 0.6 is 0 Å². The molecule has 1 aliphatic carbocycles. The van der Waals surface area contributed by atoms with E-state index in [0.29, 0.717) is 6.54 Å². The predicted octanol–water partition coefficient (Wildman–Crippen LogP) is 3.00. The molecule has 0 fully saturated rings. The maximum atomic E-state index is 11.5. The number of rotatable bonds is 2. The number of fused-ring (bicyclic) bond motifs is 2. The first-order chi connectivity index (χ1) is 9.67. The van der Waals surface area contributed by atoms with Crippen molar-refractivity contribution < 1.29 is 5.11 Å². The largest absolute Gasteiger partial charge is 0.380 e. The van der Waals surface area contributed by atoms with E-state index >= 15 is 0 Å². The Balaban J connectivity index is 2.34. The fourth-order valence-corrected chi connectivity index (χ4v) is 3.01. The van der Waals surface area contributed by atoms with Gasteiger partial charge in [-0.2, -0.15) is 0 Å². The van der Waals surface area contributed by atoms with Crippen molar-refractivity contribution in [3.8, 4) is 0 Å². The Kier molecular flexibility index (Phi) is 3.20. The highest BCUT2D eigenvalue weighted by molar-refractivity contribution is 5.77. The van der Waals surface area contributed by atoms with E-state index in [1.54, 1.807) is 0 Å². The van der Waals surface area contributed by atoms with Crippen LogP contribution in [0.15, 0.2) is 48.5 Å². The summed E-state index contributed by atoms with van der Waals surface area (Å²) < 4.78 is 0. The summed E-state index contributed by atoms with van der Waals surface area (Å²) in [6.45, 7) is 2.43. The van der Waals surface area contributed by atoms with Gasteiger partial charge in [-0.15, -0.1) is 0 Å². The highest BCUT2D eigenvalue weighted by atomic mass is 16.3. The number of aliphatic hydroxyl groups is 1. The van der Waals surface area contributed by atoms with Gasteiger partial charge in [0.25, 0.3) is 0 Å². The fourth-order valence-electron chi connectivity index (χ4n) is 3.01. The zero-order valence-corrected chi connectivity index (χ0v) is 11.6. The normalized spacial score (nSPS) is 16.9. The van der Waals surface area contributed by atoms with E-state index in [-0.39, 0.29) is 5.92 Å². The number of nitrogens with two attached hydrogens (primary N) is 1. The Morgan fingerprint density at radius 3 is 1.85 bits per heavy atom. The molecule has 0 spiro atoms. The minimum atomic E-state index is -1.05. The van der Waals surface area contributed by atoms with Crippen LogP contribution in [0.4, 0.5) is 0 Å². The van der Waals surface area contributed by atoms with Gasteiger partial charge in [-0.25, -0.2) is 0 Å². The van der Waals surface area contributed by atoms with E-state index in [1.807, 2.05) is 55.5 Å². The van der Waals surface area contributed by atoms with Gasteiger partial charge in [-0.3, -0.25) is 0 Å². The molecule has 0 amide bonds. The summed E-state index contributed by atoms with van der Waals surface area (Å²) in [5, 5.41) is 11.5. The van der Waals surface area contributed by atoms with Crippen molar-refractivity contribution in [2.45, 2.75) is 12.5 Å². The van der Waals surface area contributed by atoms with E-state index in [0.717, 1.165) is 22.3 Å². The second-order valence-electron chi connectivity index (χ2n) is 5.41. The van der Waals surface area contributed by atoms with Gasteiger partial charge in [0, 0.05) is 5.92 Å². The van der Waals surface area contributed by atoms with Crippen molar-refractivity contribution in [2.24, 2.45) is 11.7 Å². The van der Waals surface area contributed by atoms with Gasteiger partial charge < -0.3 is 10.8 Å². The summed E-state index contributed by atoms with van der Waals surface area (Å²) in [5.41, 5.74) is 8.78. The third-order valence-corrected chi connectivity index (χ3v) is 4.25. The molecule has 0 heterocycles. The summed E-state index contributed by atoms with van der Waals surface area (Å²) in [6, 6.07) is 16.0. The topological polar surface area (TPSA) is 46.2 Å². The molecule has 3 N–H and O–H groups in total. The minimum absolute atomic E-state index is 0.0651. The van der Waals surface area contributed by atoms with E-state index < -0.39 is 5.60 Å². The first-order valence-electron chi connectivity index (χ1n) is 6.97. The zero-order chi connectivity index (χ0) is 14.2. The van der Waals surface area contributed by atoms with Crippen molar-refractivity contribution in [2.75, 3.05) is 6.54 Å². The molecule has 20 heavy (non-hydrogen) atoms. The van der Waals surface area contributed by atoms with Crippen molar-refractivity contribution >= 4 is 12.2 Å². The maximum Gasteiger partial charge on any atom is 0.119 e. The molecule has 0 bridgehead atoms. The molecule has 2 heteroatoms. The quantitative estimate of drug-likeness (QED) is 0.877. The molecule has 0 saturated heterocycles. The Morgan fingerprint density at radius 1 is 0.950 bits per heavy atom. The van der Waals surface area contributed by atoms with Crippen molar-refractivity contribution in [3.05, 3.63) is 70.8 Å². The standard InChI is InChI=1S/C18H19NO/c1-13(12-19)18(20)16-8-4-2-6-14(16)10-11-15-7-3-5-9-17(15)18/h2-11,13,20H,12,19H2,1H3. The third-order valence-electron chi connectivity index (χ3n) is 4.25. The lowest BCUT2D eigenvalue weighted by Gasteiger charge is -2.36. The molecule has 0 aliphatic heterocycles. The van der Waals surface area contributed by atoms with E-state index in [4.69, 9.17) is 5.73 Å². The van der Waals surface area contributed by atoms with Crippen molar-refractivity contribution in [1.29, 1.82) is 0 Å². The van der Waals surface area contributed by atoms with Gasteiger partial charge in [0.2, 0.25) is 0 Å². The summed E-state index contributed by atoms with van der Waals surface area (Å²) in [4.78, 5) is 0. The lowest BCUT2D eigenvalue weighted by atomic mass is 9.75. The maximum absolute atomic E-state index is 11.5. The number of hydrogen-bond acceptors (Lipinski definition) is 2. The average Bonchev–Trinajstić information content (AvgIpc) is 2.64. The molecule has 0 radical (unpaired) electrons. The first-order valence-corrected chi connectivity index (χ1v) is 6.97. The Morgan fingerprint density at radius 2 is 1.40 bits per heavy atom. The second-order valence-corrected chi connectivity index (χ2v) is 5.41. The summed E-state index contributed by atoms with van der Waals surface area (Å²) in [6.07, 6.45) is 4.13.